The Morgan fingerprint density at radius 1 is 0.970 bits per heavy atom. The summed E-state index contributed by atoms with van der Waals surface area (Å²) in [5, 5.41) is 12.4. The standard InChI is InChI=1S/C24H17N5O3S/c30-21(25-16-10-11-19-20(12-16)32-14-31-19)13-33-24-23-28-27-22(15-6-2-1-3-7-15)29(23)18-9-5-4-8-17(18)26-24/h1-12H,13-14H2,(H,25,30). The van der Waals surface area contributed by atoms with Crippen molar-refractivity contribution in [3.8, 4) is 22.9 Å². The Morgan fingerprint density at radius 3 is 2.70 bits per heavy atom. The van der Waals surface area contributed by atoms with Crippen molar-refractivity contribution < 1.29 is 14.3 Å². The lowest BCUT2D eigenvalue weighted by Gasteiger charge is -2.09. The van der Waals surface area contributed by atoms with Gasteiger partial charge in [0.25, 0.3) is 0 Å². The molecule has 0 fully saturated rings. The minimum atomic E-state index is -0.158. The topological polar surface area (TPSA) is 90.6 Å². The van der Waals surface area contributed by atoms with E-state index in [9.17, 15) is 4.79 Å². The second-order valence-corrected chi connectivity index (χ2v) is 8.32. The zero-order valence-corrected chi connectivity index (χ0v) is 18.1. The molecule has 0 atom stereocenters. The van der Waals surface area contributed by atoms with Crippen LogP contribution in [0.5, 0.6) is 11.5 Å². The summed E-state index contributed by atoms with van der Waals surface area (Å²) in [4.78, 5) is 17.4. The van der Waals surface area contributed by atoms with Gasteiger partial charge in [-0.25, -0.2) is 4.98 Å². The van der Waals surface area contributed by atoms with Crippen molar-refractivity contribution in [2.45, 2.75) is 5.03 Å². The highest BCUT2D eigenvalue weighted by Crippen LogP contribution is 2.34. The number of amides is 1. The van der Waals surface area contributed by atoms with Crippen LogP contribution in [0.1, 0.15) is 0 Å². The third-order valence-electron chi connectivity index (χ3n) is 5.23. The maximum Gasteiger partial charge on any atom is 0.234 e. The first-order valence-electron chi connectivity index (χ1n) is 10.3. The Bertz CT molecular complexity index is 1500. The molecule has 0 spiro atoms. The van der Waals surface area contributed by atoms with Crippen LogP contribution in [0.3, 0.4) is 0 Å². The second-order valence-electron chi connectivity index (χ2n) is 7.36. The molecule has 0 bridgehead atoms. The van der Waals surface area contributed by atoms with Gasteiger partial charge in [0.1, 0.15) is 5.03 Å². The Morgan fingerprint density at radius 2 is 1.79 bits per heavy atom. The van der Waals surface area contributed by atoms with E-state index in [0.717, 1.165) is 22.4 Å². The van der Waals surface area contributed by atoms with E-state index in [1.807, 2.05) is 59.0 Å². The summed E-state index contributed by atoms with van der Waals surface area (Å²) in [6.45, 7) is 0.190. The first-order chi connectivity index (χ1) is 16.3. The van der Waals surface area contributed by atoms with E-state index in [1.54, 1.807) is 18.2 Å². The molecule has 0 aliphatic carbocycles. The number of nitrogens with zero attached hydrogens (tertiary/aromatic N) is 4. The third-order valence-corrected chi connectivity index (χ3v) is 6.18. The molecule has 0 radical (unpaired) electrons. The van der Waals surface area contributed by atoms with Gasteiger partial charge in [-0.2, -0.15) is 0 Å². The molecule has 0 saturated carbocycles. The normalized spacial score (nSPS) is 12.4. The number of nitrogens with one attached hydrogen (secondary N) is 1. The van der Waals surface area contributed by atoms with E-state index in [2.05, 4.69) is 15.5 Å². The van der Waals surface area contributed by atoms with E-state index < -0.39 is 0 Å². The van der Waals surface area contributed by atoms with Gasteiger partial charge in [-0.1, -0.05) is 54.2 Å². The summed E-state index contributed by atoms with van der Waals surface area (Å²) in [6, 6.07) is 23.0. The summed E-state index contributed by atoms with van der Waals surface area (Å²) in [7, 11) is 0. The molecule has 33 heavy (non-hydrogen) atoms. The van der Waals surface area contributed by atoms with Crippen LogP contribution in [0.4, 0.5) is 5.69 Å². The molecular formula is C24H17N5O3S. The molecule has 3 aromatic carbocycles. The number of rotatable bonds is 5. The molecule has 0 unspecified atom stereocenters. The van der Waals surface area contributed by atoms with E-state index in [1.165, 1.54) is 11.8 Å². The van der Waals surface area contributed by atoms with Gasteiger partial charge in [0.15, 0.2) is 23.0 Å². The largest absolute Gasteiger partial charge is 0.454 e. The molecule has 9 heteroatoms. The highest BCUT2D eigenvalue weighted by Gasteiger charge is 2.18. The maximum absolute atomic E-state index is 12.6. The van der Waals surface area contributed by atoms with Gasteiger partial charge in [0.05, 0.1) is 16.8 Å². The van der Waals surface area contributed by atoms with Crippen molar-refractivity contribution in [2.24, 2.45) is 0 Å². The molecule has 8 nitrogen and oxygen atoms in total. The number of hydrogen-bond donors (Lipinski definition) is 1. The summed E-state index contributed by atoms with van der Waals surface area (Å²) in [5.74, 6) is 2.04. The van der Waals surface area contributed by atoms with E-state index in [4.69, 9.17) is 14.5 Å². The van der Waals surface area contributed by atoms with Crippen molar-refractivity contribution in [1.29, 1.82) is 0 Å². The van der Waals surface area contributed by atoms with Gasteiger partial charge in [0, 0.05) is 17.3 Å². The smallest absolute Gasteiger partial charge is 0.234 e. The fraction of sp³-hybridized carbons (Fsp3) is 0.0833. The van der Waals surface area contributed by atoms with Crippen LogP contribution in [0.2, 0.25) is 0 Å². The van der Waals surface area contributed by atoms with Gasteiger partial charge < -0.3 is 14.8 Å². The molecule has 5 aromatic rings. The Balaban J connectivity index is 1.31. The molecule has 1 N–H and O–H groups in total. The minimum absolute atomic E-state index is 0.158. The van der Waals surface area contributed by atoms with Crippen molar-refractivity contribution >= 4 is 40.0 Å². The number of carbonyl (C=O) groups is 1. The quantitative estimate of drug-likeness (QED) is 0.393. The third kappa shape index (κ3) is 3.62. The first-order valence-corrected chi connectivity index (χ1v) is 11.3. The number of aromatic nitrogens is 4. The minimum Gasteiger partial charge on any atom is -0.454 e. The SMILES string of the molecule is O=C(CSc1nc2ccccc2n2c(-c3ccccc3)nnc12)Nc1ccc2c(c1)OCO2. The number of carbonyl (C=O) groups excluding carboxylic acids is 1. The number of ether oxygens (including phenoxy) is 2. The van der Waals surface area contributed by atoms with Gasteiger partial charge in [-0.05, 0) is 24.3 Å². The van der Waals surface area contributed by atoms with E-state index in [-0.39, 0.29) is 18.5 Å². The molecule has 6 rings (SSSR count). The summed E-state index contributed by atoms with van der Waals surface area (Å²) >= 11 is 1.32. The van der Waals surface area contributed by atoms with Crippen molar-refractivity contribution in [3.05, 3.63) is 72.8 Å². The molecule has 1 amide bonds. The highest BCUT2D eigenvalue weighted by atomic mass is 32.2. The van der Waals surface area contributed by atoms with Crippen molar-refractivity contribution in [2.75, 3.05) is 17.9 Å². The molecule has 3 heterocycles. The van der Waals surface area contributed by atoms with Crippen LogP contribution in [0, 0.1) is 0 Å². The molecule has 1 aliphatic heterocycles. The number of anilines is 1. The highest BCUT2D eigenvalue weighted by molar-refractivity contribution is 8.00. The number of thioether (sulfide) groups is 1. The fourth-order valence-corrected chi connectivity index (χ4v) is 4.50. The molecule has 162 valence electrons. The first kappa shape index (κ1) is 19.6. The van der Waals surface area contributed by atoms with E-state index >= 15 is 0 Å². The van der Waals surface area contributed by atoms with Crippen LogP contribution < -0.4 is 14.8 Å². The average molecular weight is 455 g/mol. The monoisotopic (exact) mass is 455 g/mol. The van der Waals surface area contributed by atoms with Gasteiger partial charge in [0.2, 0.25) is 12.7 Å². The summed E-state index contributed by atoms with van der Waals surface area (Å²) < 4.78 is 12.7. The van der Waals surface area contributed by atoms with Gasteiger partial charge >= 0.3 is 0 Å². The van der Waals surface area contributed by atoms with Crippen molar-refractivity contribution in [1.82, 2.24) is 19.6 Å². The fourth-order valence-electron chi connectivity index (χ4n) is 3.73. The van der Waals surface area contributed by atoms with Crippen LogP contribution in [0.15, 0.2) is 77.8 Å². The van der Waals surface area contributed by atoms with Crippen LogP contribution in [-0.4, -0.2) is 38.0 Å². The molecule has 2 aromatic heterocycles. The Hall–Kier alpha value is -4.11. The summed E-state index contributed by atoms with van der Waals surface area (Å²) in [6.07, 6.45) is 0. The number of fused-ring (bicyclic) bond motifs is 4. The predicted molar refractivity (Wildman–Crippen MR) is 126 cm³/mol. The van der Waals surface area contributed by atoms with Crippen molar-refractivity contribution in [3.63, 3.8) is 0 Å². The number of para-hydroxylation sites is 2. The second kappa shape index (κ2) is 8.10. The lowest BCUT2D eigenvalue weighted by atomic mass is 10.2. The Kier molecular flexibility index (Phi) is 4.80. The Labute approximate surface area is 192 Å². The van der Waals surface area contributed by atoms with Gasteiger partial charge in [-0.3, -0.25) is 9.20 Å². The molecule has 0 saturated heterocycles. The lowest BCUT2D eigenvalue weighted by molar-refractivity contribution is -0.113. The summed E-state index contributed by atoms with van der Waals surface area (Å²) in [5.41, 5.74) is 3.94. The number of benzene rings is 3. The van der Waals surface area contributed by atoms with E-state index in [0.29, 0.717) is 27.9 Å². The van der Waals surface area contributed by atoms with Crippen LogP contribution in [0.25, 0.3) is 28.1 Å². The average Bonchev–Trinajstić information content (AvgIpc) is 3.50. The molecular weight excluding hydrogens is 438 g/mol. The molecule has 1 aliphatic rings. The zero-order valence-electron chi connectivity index (χ0n) is 17.3. The maximum atomic E-state index is 12.6. The van der Waals surface area contributed by atoms with Gasteiger partial charge in [-0.15, -0.1) is 10.2 Å². The van der Waals surface area contributed by atoms with Crippen LogP contribution in [-0.2, 0) is 4.79 Å². The predicted octanol–water partition coefficient (Wildman–Crippen LogP) is 4.40. The number of hydrogen-bond acceptors (Lipinski definition) is 7. The zero-order chi connectivity index (χ0) is 22.2. The lowest BCUT2D eigenvalue weighted by Crippen LogP contribution is -2.14. The van der Waals surface area contributed by atoms with Crippen LogP contribution >= 0.6 is 11.8 Å².